The maximum absolute atomic E-state index is 14.7. The molecular formula is C29H24ClFN6. The van der Waals surface area contributed by atoms with Crippen LogP contribution in [0.4, 0.5) is 10.1 Å². The molecule has 1 aliphatic heterocycles. The van der Waals surface area contributed by atoms with Crippen LogP contribution in [0.25, 0.3) is 44.7 Å². The van der Waals surface area contributed by atoms with Gasteiger partial charge in [-0.25, -0.2) is 14.4 Å². The van der Waals surface area contributed by atoms with Gasteiger partial charge >= 0.3 is 0 Å². The van der Waals surface area contributed by atoms with Crippen LogP contribution in [-0.2, 0) is 0 Å². The zero-order valence-electron chi connectivity index (χ0n) is 20.3. The van der Waals surface area contributed by atoms with Crippen molar-refractivity contribution in [1.82, 2.24) is 24.8 Å². The number of likely N-dealkylation sites (N-methyl/N-ethyl adjacent to an activating group) is 1. The second kappa shape index (κ2) is 9.84. The van der Waals surface area contributed by atoms with Crippen molar-refractivity contribution in [2.24, 2.45) is 0 Å². The average Bonchev–Trinajstić information content (AvgIpc) is 2.94. The molecule has 4 aromatic heterocycles. The van der Waals surface area contributed by atoms with Crippen molar-refractivity contribution >= 4 is 28.3 Å². The number of aromatic nitrogens is 4. The Morgan fingerprint density at radius 3 is 2.51 bits per heavy atom. The Morgan fingerprint density at radius 2 is 1.65 bits per heavy atom. The van der Waals surface area contributed by atoms with E-state index in [9.17, 15) is 4.39 Å². The number of piperazine rings is 1. The van der Waals surface area contributed by atoms with E-state index >= 15 is 0 Å². The van der Waals surface area contributed by atoms with Crippen LogP contribution < -0.4 is 4.90 Å². The van der Waals surface area contributed by atoms with E-state index in [-0.39, 0.29) is 0 Å². The topological polar surface area (TPSA) is 58.0 Å². The number of fused-ring (bicyclic) bond motifs is 1. The van der Waals surface area contributed by atoms with Crippen LogP contribution in [0.1, 0.15) is 0 Å². The molecule has 6 rings (SSSR count). The molecule has 0 N–H and O–H groups in total. The molecule has 1 fully saturated rings. The van der Waals surface area contributed by atoms with Crippen LogP contribution in [0.15, 0.2) is 79.4 Å². The molecule has 0 unspecified atom stereocenters. The van der Waals surface area contributed by atoms with E-state index in [1.165, 1.54) is 12.1 Å². The van der Waals surface area contributed by atoms with E-state index in [1.807, 2.05) is 30.6 Å². The molecule has 5 heterocycles. The van der Waals surface area contributed by atoms with Gasteiger partial charge in [-0.3, -0.25) is 9.97 Å². The van der Waals surface area contributed by atoms with Gasteiger partial charge in [-0.05, 0) is 67.2 Å². The lowest BCUT2D eigenvalue weighted by Crippen LogP contribution is -2.44. The van der Waals surface area contributed by atoms with Gasteiger partial charge in [0.25, 0.3) is 0 Å². The summed E-state index contributed by atoms with van der Waals surface area (Å²) in [5.74, 6) is -0.394. The van der Waals surface area contributed by atoms with E-state index in [4.69, 9.17) is 11.6 Å². The number of halogens is 2. The Morgan fingerprint density at radius 1 is 0.811 bits per heavy atom. The minimum absolute atomic E-state index is 0.326. The SMILES string of the molecule is CN1CCN(c2ccnc(-c3cncc(-c4cc(-c5cc(Cl)ccc5F)nc5ncccc45)c3)c2)CC1. The number of rotatable bonds is 4. The minimum atomic E-state index is -0.394. The molecule has 37 heavy (non-hydrogen) atoms. The van der Waals surface area contributed by atoms with E-state index in [0.29, 0.717) is 21.9 Å². The normalized spacial score (nSPS) is 14.3. The largest absolute Gasteiger partial charge is 0.369 e. The monoisotopic (exact) mass is 510 g/mol. The average molecular weight is 511 g/mol. The van der Waals surface area contributed by atoms with E-state index in [1.54, 1.807) is 18.5 Å². The minimum Gasteiger partial charge on any atom is -0.369 e. The molecule has 1 aromatic carbocycles. The quantitative estimate of drug-likeness (QED) is 0.297. The maximum Gasteiger partial charge on any atom is 0.160 e. The fourth-order valence-electron chi connectivity index (χ4n) is 4.69. The van der Waals surface area contributed by atoms with Crippen molar-refractivity contribution in [2.45, 2.75) is 0 Å². The molecule has 0 bridgehead atoms. The molecule has 6 nitrogen and oxygen atoms in total. The standard InChI is InChI=1S/C29H24ClFN6/c1-36-9-11-37(12-10-36)22-6-8-33-27(15-22)20-13-19(17-32-18-20)24-16-28(25-14-21(30)4-5-26(25)31)35-29-23(24)3-2-7-34-29/h2-8,13-18H,9-12H2,1H3. The first kappa shape index (κ1) is 23.5. The van der Waals surface area contributed by atoms with Crippen molar-refractivity contribution in [1.29, 1.82) is 0 Å². The van der Waals surface area contributed by atoms with Gasteiger partial charge in [-0.15, -0.1) is 0 Å². The number of pyridine rings is 4. The van der Waals surface area contributed by atoms with Crippen LogP contribution in [0.2, 0.25) is 5.02 Å². The molecule has 184 valence electrons. The number of hydrogen-bond acceptors (Lipinski definition) is 6. The fraction of sp³-hybridized carbons (Fsp3) is 0.172. The molecule has 0 spiro atoms. The predicted octanol–water partition coefficient (Wildman–Crippen LogP) is 5.97. The van der Waals surface area contributed by atoms with Gasteiger partial charge < -0.3 is 9.80 Å². The first-order chi connectivity index (χ1) is 18.0. The maximum atomic E-state index is 14.7. The van der Waals surface area contributed by atoms with Crippen LogP contribution in [0, 0.1) is 5.82 Å². The summed E-state index contributed by atoms with van der Waals surface area (Å²) in [6.45, 7) is 4.04. The van der Waals surface area contributed by atoms with Gasteiger partial charge in [0.1, 0.15) is 5.82 Å². The molecule has 0 atom stereocenters. The van der Waals surface area contributed by atoms with Crippen molar-refractivity contribution in [3.8, 4) is 33.6 Å². The lowest BCUT2D eigenvalue weighted by Gasteiger charge is -2.34. The van der Waals surface area contributed by atoms with Gasteiger partial charge in [0.05, 0.1) is 11.4 Å². The highest BCUT2D eigenvalue weighted by Crippen LogP contribution is 2.34. The third-order valence-corrected chi connectivity index (χ3v) is 6.98. The second-order valence-corrected chi connectivity index (χ2v) is 9.64. The Balaban J connectivity index is 1.44. The summed E-state index contributed by atoms with van der Waals surface area (Å²) in [6.07, 6.45) is 7.15. The molecule has 0 amide bonds. The Labute approximate surface area is 219 Å². The first-order valence-corrected chi connectivity index (χ1v) is 12.5. The van der Waals surface area contributed by atoms with Crippen molar-refractivity contribution in [2.75, 3.05) is 38.1 Å². The molecule has 1 aliphatic rings. The second-order valence-electron chi connectivity index (χ2n) is 9.21. The lowest BCUT2D eigenvalue weighted by molar-refractivity contribution is 0.313. The third-order valence-electron chi connectivity index (χ3n) is 6.75. The molecule has 0 saturated carbocycles. The smallest absolute Gasteiger partial charge is 0.160 e. The highest BCUT2D eigenvalue weighted by Gasteiger charge is 2.17. The fourth-order valence-corrected chi connectivity index (χ4v) is 4.87. The Bertz CT molecular complexity index is 1600. The van der Waals surface area contributed by atoms with E-state index < -0.39 is 5.82 Å². The van der Waals surface area contributed by atoms with Gasteiger partial charge in [0, 0.05) is 83.8 Å². The summed E-state index contributed by atoms with van der Waals surface area (Å²) in [4.78, 5) is 23.0. The molecule has 0 radical (unpaired) electrons. The third kappa shape index (κ3) is 4.75. The van der Waals surface area contributed by atoms with Crippen molar-refractivity contribution in [3.63, 3.8) is 0 Å². The van der Waals surface area contributed by atoms with Crippen LogP contribution in [0.3, 0.4) is 0 Å². The summed E-state index contributed by atoms with van der Waals surface area (Å²) < 4.78 is 14.7. The lowest BCUT2D eigenvalue weighted by atomic mass is 9.99. The zero-order valence-corrected chi connectivity index (χ0v) is 21.0. The molecular weight excluding hydrogens is 487 g/mol. The summed E-state index contributed by atoms with van der Waals surface area (Å²) in [6, 6.07) is 16.4. The van der Waals surface area contributed by atoms with Crippen LogP contribution in [0.5, 0.6) is 0 Å². The van der Waals surface area contributed by atoms with Crippen LogP contribution >= 0.6 is 11.6 Å². The van der Waals surface area contributed by atoms with Crippen molar-refractivity contribution in [3.05, 3.63) is 90.2 Å². The number of hydrogen-bond donors (Lipinski definition) is 0. The Kier molecular flexibility index (Phi) is 6.24. The molecule has 1 saturated heterocycles. The molecule has 8 heteroatoms. The first-order valence-electron chi connectivity index (χ1n) is 12.1. The van der Waals surface area contributed by atoms with Gasteiger partial charge in [-0.1, -0.05) is 11.6 Å². The van der Waals surface area contributed by atoms with Gasteiger partial charge in [-0.2, -0.15) is 0 Å². The number of nitrogens with zero attached hydrogens (tertiary/aromatic N) is 6. The number of anilines is 1. The van der Waals surface area contributed by atoms with Gasteiger partial charge in [0.2, 0.25) is 0 Å². The highest BCUT2D eigenvalue weighted by atomic mass is 35.5. The molecule has 5 aromatic rings. The number of benzene rings is 1. The predicted molar refractivity (Wildman–Crippen MR) is 146 cm³/mol. The zero-order chi connectivity index (χ0) is 25.4. The summed E-state index contributed by atoms with van der Waals surface area (Å²) in [5, 5.41) is 1.29. The molecule has 0 aliphatic carbocycles. The van der Waals surface area contributed by atoms with E-state index in [2.05, 4.69) is 55.0 Å². The van der Waals surface area contributed by atoms with Gasteiger partial charge in [0.15, 0.2) is 5.65 Å². The summed E-state index contributed by atoms with van der Waals surface area (Å²) >= 11 is 6.17. The summed E-state index contributed by atoms with van der Waals surface area (Å²) in [7, 11) is 2.15. The summed E-state index contributed by atoms with van der Waals surface area (Å²) in [5.41, 5.74) is 5.94. The van der Waals surface area contributed by atoms with E-state index in [0.717, 1.165) is 59.6 Å². The van der Waals surface area contributed by atoms with Crippen LogP contribution in [-0.4, -0.2) is 58.1 Å². The Hall–Kier alpha value is -3.94. The highest BCUT2D eigenvalue weighted by molar-refractivity contribution is 6.30. The van der Waals surface area contributed by atoms with Crippen molar-refractivity contribution < 1.29 is 4.39 Å².